The van der Waals surface area contributed by atoms with Crippen LogP contribution in [0.25, 0.3) is 0 Å². The Hall–Kier alpha value is -0.870. The highest BCUT2D eigenvalue weighted by Crippen LogP contribution is 2.36. The summed E-state index contributed by atoms with van der Waals surface area (Å²) in [6.07, 6.45) is 0. The van der Waals surface area contributed by atoms with Crippen molar-refractivity contribution >= 4 is 21.9 Å². The second-order valence-corrected chi connectivity index (χ2v) is 5.56. The Labute approximate surface area is 116 Å². The fraction of sp³-hybridized carbons (Fsp3) is 0.500. The minimum atomic E-state index is -0.0809. The highest BCUT2D eigenvalue weighted by Gasteiger charge is 2.38. The minimum absolute atomic E-state index is 0.0614. The number of rotatable bonds is 3. The van der Waals surface area contributed by atoms with Crippen LogP contribution in [0.3, 0.4) is 0 Å². The second kappa shape index (κ2) is 5.85. The number of halogens is 1. The van der Waals surface area contributed by atoms with E-state index in [-0.39, 0.29) is 17.8 Å². The van der Waals surface area contributed by atoms with Gasteiger partial charge in [0, 0.05) is 23.5 Å². The lowest BCUT2D eigenvalue weighted by atomic mass is 9.89. The standard InChI is InChI=1S/C14H18BrNO2/c1-3-18-14(17)12-9-16(2)8-11(12)10-6-4-5-7-13(10)15/h4-7,11-12H,3,8-9H2,1-2H3. The first-order chi connectivity index (χ1) is 8.63. The quantitative estimate of drug-likeness (QED) is 0.804. The first kappa shape index (κ1) is 13.6. The molecule has 2 rings (SSSR count). The molecule has 0 amide bonds. The number of ether oxygens (including phenoxy) is 1. The van der Waals surface area contributed by atoms with Crippen molar-refractivity contribution in [3.8, 4) is 0 Å². The highest BCUT2D eigenvalue weighted by molar-refractivity contribution is 9.10. The summed E-state index contributed by atoms with van der Waals surface area (Å²) in [7, 11) is 2.04. The van der Waals surface area contributed by atoms with Crippen molar-refractivity contribution in [1.29, 1.82) is 0 Å². The maximum atomic E-state index is 12.0. The van der Waals surface area contributed by atoms with Crippen LogP contribution in [0.15, 0.2) is 28.7 Å². The van der Waals surface area contributed by atoms with Gasteiger partial charge in [0.2, 0.25) is 0 Å². The van der Waals surface area contributed by atoms with Gasteiger partial charge in [-0.2, -0.15) is 0 Å². The Bertz CT molecular complexity index is 436. The number of hydrogen-bond acceptors (Lipinski definition) is 3. The van der Waals surface area contributed by atoms with E-state index in [4.69, 9.17) is 4.74 Å². The molecule has 2 unspecified atom stereocenters. The van der Waals surface area contributed by atoms with E-state index in [0.717, 1.165) is 17.6 Å². The van der Waals surface area contributed by atoms with Crippen LogP contribution < -0.4 is 0 Å². The van der Waals surface area contributed by atoms with E-state index in [1.54, 1.807) is 0 Å². The Morgan fingerprint density at radius 1 is 1.44 bits per heavy atom. The Morgan fingerprint density at radius 3 is 2.83 bits per heavy atom. The Morgan fingerprint density at radius 2 is 2.17 bits per heavy atom. The van der Waals surface area contributed by atoms with Gasteiger partial charge in [0.05, 0.1) is 12.5 Å². The summed E-state index contributed by atoms with van der Waals surface area (Å²) in [4.78, 5) is 14.2. The van der Waals surface area contributed by atoms with Gasteiger partial charge >= 0.3 is 5.97 Å². The first-order valence-electron chi connectivity index (χ1n) is 6.23. The molecule has 0 aromatic heterocycles. The SMILES string of the molecule is CCOC(=O)C1CN(C)CC1c1ccccc1Br. The van der Waals surface area contributed by atoms with Crippen LogP contribution >= 0.6 is 15.9 Å². The molecule has 0 saturated carbocycles. The van der Waals surface area contributed by atoms with Gasteiger partial charge in [-0.3, -0.25) is 4.79 Å². The molecule has 1 aliphatic rings. The Balaban J connectivity index is 2.25. The normalized spacial score (nSPS) is 24.2. The molecule has 1 aromatic carbocycles. The number of carbonyl (C=O) groups excluding carboxylic acids is 1. The molecule has 1 saturated heterocycles. The summed E-state index contributed by atoms with van der Waals surface area (Å²) in [6.45, 7) is 3.96. The van der Waals surface area contributed by atoms with Crippen LogP contribution in [0, 0.1) is 5.92 Å². The number of likely N-dealkylation sites (N-methyl/N-ethyl adjacent to an activating group) is 1. The third-order valence-electron chi connectivity index (χ3n) is 3.40. The lowest BCUT2D eigenvalue weighted by Gasteiger charge is -2.18. The van der Waals surface area contributed by atoms with Gasteiger partial charge in [0.1, 0.15) is 0 Å². The van der Waals surface area contributed by atoms with E-state index in [9.17, 15) is 4.79 Å². The molecule has 0 spiro atoms. The van der Waals surface area contributed by atoms with Gasteiger partial charge in [-0.25, -0.2) is 0 Å². The van der Waals surface area contributed by atoms with Gasteiger partial charge in [-0.15, -0.1) is 0 Å². The van der Waals surface area contributed by atoms with Gasteiger partial charge < -0.3 is 9.64 Å². The number of benzene rings is 1. The monoisotopic (exact) mass is 311 g/mol. The molecule has 0 bridgehead atoms. The fourth-order valence-corrected chi connectivity index (χ4v) is 3.16. The van der Waals surface area contributed by atoms with Crippen LogP contribution in [-0.4, -0.2) is 37.6 Å². The van der Waals surface area contributed by atoms with Crippen molar-refractivity contribution in [1.82, 2.24) is 4.90 Å². The van der Waals surface area contributed by atoms with E-state index in [2.05, 4.69) is 26.9 Å². The van der Waals surface area contributed by atoms with E-state index in [0.29, 0.717) is 6.61 Å². The molecule has 18 heavy (non-hydrogen) atoms. The average Bonchev–Trinajstić information content (AvgIpc) is 2.72. The van der Waals surface area contributed by atoms with Crippen molar-refractivity contribution in [2.45, 2.75) is 12.8 Å². The lowest BCUT2D eigenvalue weighted by Crippen LogP contribution is -2.24. The van der Waals surface area contributed by atoms with Crippen molar-refractivity contribution in [2.24, 2.45) is 5.92 Å². The molecular weight excluding hydrogens is 294 g/mol. The van der Waals surface area contributed by atoms with Gasteiger partial charge in [0.25, 0.3) is 0 Å². The topological polar surface area (TPSA) is 29.5 Å². The van der Waals surface area contributed by atoms with Crippen LogP contribution in [0.4, 0.5) is 0 Å². The first-order valence-corrected chi connectivity index (χ1v) is 7.02. The molecule has 0 N–H and O–H groups in total. The molecule has 0 aliphatic carbocycles. The summed E-state index contributed by atoms with van der Waals surface area (Å²) in [6, 6.07) is 8.11. The second-order valence-electron chi connectivity index (χ2n) is 4.71. The van der Waals surface area contributed by atoms with Crippen LogP contribution in [-0.2, 0) is 9.53 Å². The maximum absolute atomic E-state index is 12.0. The van der Waals surface area contributed by atoms with Crippen LogP contribution in [0.5, 0.6) is 0 Å². The van der Waals surface area contributed by atoms with Gasteiger partial charge in [0.15, 0.2) is 0 Å². The van der Waals surface area contributed by atoms with E-state index < -0.39 is 0 Å². The summed E-state index contributed by atoms with van der Waals surface area (Å²) < 4.78 is 6.25. The molecule has 98 valence electrons. The molecule has 4 heteroatoms. The predicted molar refractivity (Wildman–Crippen MR) is 74.5 cm³/mol. The molecule has 0 radical (unpaired) electrons. The zero-order valence-electron chi connectivity index (χ0n) is 10.7. The number of carbonyl (C=O) groups is 1. The zero-order chi connectivity index (χ0) is 13.1. The predicted octanol–water partition coefficient (Wildman–Crippen LogP) is 2.66. The lowest BCUT2D eigenvalue weighted by molar-refractivity contribution is -0.147. The Kier molecular flexibility index (Phi) is 4.40. The summed E-state index contributed by atoms with van der Waals surface area (Å²) in [5, 5.41) is 0. The van der Waals surface area contributed by atoms with Crippen LogP contribution in [0.1, 0.15) is 18.4 Å². The third kappa shape index (κ3) is 2.75. The molecule has 1 aliphatic heterocycles. The van der Waals surface area contributed by atoms with Crippen molar-refractivity contribution in [2.75, 3.05) is 26.7 Å². The van der Waals surface area contributed by atoms with Gasteiger partial charge in [-0.1, -0.05) is 34.1 Å². The zero-order valence-corrected chi connectivity index (χ0v) is 12.3. The van der Waals surface area contributed by atoms with E-state index in [1.807, 2.05) is 32.2 Å². The maximum Gasteiger partial charge on any atom is 0.310 e. The summed E-state index contributed by atoms with van der Waals surface area (Å²) in [5.74, 6) is 0.0703. The molecule has 2 atom stereocenters. The molecule has 1 heterocycles. The van der Waals surface area contributed by atoms with Gasteiger partial charge in [-0.05, 0) is 25.6 Å². The number of nitrogens with zero attached hydrogens (tertiary/aromatic N) is 1. The van der Waals surface area contributed by atoms with Crippen molar-refractivity contribution in [3.63, 3.8) is 0 Å². The molecule has 3 nitrogen and oxygen atoms in total. The highest BCUT2D eigenvalue weighted by atomic mass is 79.9. The molecular formula is C14H18BrNO2. The van der Waals surface area contributed by atoms with Crippen molar-refractivity contribution in [3.05, 3.63) is 34.3 Å². The summed E-state index contributed by atoms with van der Waals surface area (Å²) in [5.41, 5.74) is 1.19. The fourth-order valence-electron chi connectivity index (χ4n) is 2.58. The van der Waals surface area contributed by atoms with E-state index in [1.165, 1.54) is 5.56 Å². The molecule has 1 aromatic rings. The number of likely N-dealkylation sites (tertiary alicyclic amines) is 1. The number of hydrogen-bond donors (Lipinski definition) is 0. The minimum Gasteiger partial charge on any atom is -0.466 e. The largest absolute Gasteiger partial charge is 0.466 e. The summed E-state index contributed by atoms with van der Waals surface area (Å²) >= 11 is 3.57. The van der Waals surface area contributed by atoms with Crippen LogP contribution in [0.2, 0.25) is 0 Å². The van der Waals surface area contributed by atoms with E-state index >= 15 is 0 Å². The number of esters is 1. The molecule has 1 fully saturated rings. The third-order valence-corrected chi connectivity index (χ3v) is 4.12. The smallest absolute Gasteiger partial charge is 0.310 e. The average molecular weight is 312 g/mol. The van der Waals surface area contributed by atoms with Crippen molar-refractivity contribution < 1.29 is 9.53 Å².